The second-order valence-electron chi connectivity index (χ2n) is 8.97. The van der Waals surface area contributed by atoms with Crippen molar-refractivity contribution in [2.24, 2.45) is 0 Å². The predicted molar refractivity (Wildman–Crippen MR) is 140 cm³/mol. The minimum atomic E-state index is -0.434. The van der Waals surface area contributed by atoms with Crippen LogP contribution < -0.4 is 24.3 Å². The quantitative estimate of drug-likeness (QED) is 0.374. The molecule has 0 fully saturated rings. The topological polar surface area (TPSA) is 79.7 Å². The third kappa shape index (κ3) is 3.76. The summed E-state index contributed by atoms with van der Waals surface area (Å²) in [6.07, 6.45) is 1.13. The van der Waals surface area contributed by atoms with Crippen molar-refractivity contribution in [2.45, 2.75) is 26.0 Å². The Morgan fingerprint density at radius 3 is 2.62 bits per heavy atom. The molecule has 0 saturated carbocycles. The molecule has 0 aliphatic carbocycles. The molecule has 1 N–H and O–H groups in total. The molecule has 6 rings (SSSR count). The van der Waals surface area contributed by atoms with Gasteiger partial charge in [0.2, 0.25) is 5.95 Å². The van der Waals surface area contributed by atoms with E-state index in [0.717, 1.165) is 45.0 Å². The van der Waals surface area contributed by atoms with Crippen LogP contribution in [0.25, 0.3) is 5.70 Å². The fraction of sp³-hybridized carbons (Fsp3) is 0.241. The molecule has 3 heterocycles. The molecule has 3 aromatic carbocycles. The summed E-state index contributed by atoms with van der Waals surface area (Å²) in [5.74, 6) is 3.54. The number of nitrogens with one attached hydrogen (secondary N) is 1. The number of fused-ring (bicyclic) bond motifs is 3. The maximum absolute atomic E-state index is 6.78. The summed E-state index contributed by atoms with van der Waals surface area (Å²) in [4.78, 5) is 4.53. The first-order valence-corrected chi connectivity index (χ1v) is 12.2. The maximum Gasteiger partial charge on any atom is 0.226 e. The van der Waals surface area contributed by atoms with Crippen LogP contribution in [0, 0.1) is 6.92 Å². The lowest BCUT2D eigenvalue weighted by Gasteiger charge is -2.39. The zero-order valence-corrected chi connectivity index (χ0v) is 21.2. The monoisotopic (exact) mass is 496 g/mol. The number of anilines is 1. The van der Waals surface area contributed by atoms with Gasteiger partial charge in [0.1, 0.15) is 23.9 Å². The standard InChI is InChI=1S/C29H28N4O4/c1-5-36-21-9-7-6-8-19(21)28-25-26(20-14-17(2)10-12-22(20)37-28)32-29-30-16-31-33(29)27(25)18-11-13-23(34-3)24(15-18)35-4/h6-16,27-28H,5H2,1-4H3,(H,30,31,32)/t27-,28-/m1/s1. The van der Waals surface area contributed by atoms with Crippen LogP contribution in [0.4, 0.5) is 5.95 Å². The average molecular weight is 497 g/mol. The molecule has 2 aliphatic rings. The Morgan fingerprint density at radius 1 is 0.973 bits per heavy atom. The molecule has 8 nitrogen and oxygen atoms in total. The highest BCUT2D eigenvalue weighted by atomic mass is 16.5. The van der Waals surface area contributed by atoms with Crippen LogP contribution in [0.5, 0.6) is 23.0 Å². The molecule has 0 bridgehead atoms. The molecule has 0 spiro atoms. The smallest absolute Gasteiger partial charge is 0.226 e. The van der Waals surface area contributed by atoms with Crippen LogP contribution >= 0.6 is 0 Å². The summed E-state index contributed by atoms with van der Waals surface area (Å²) in [6, 6.07) is 19.9. The van der Waals surface area contributed by atoms with Gasteiger partial charge in [-0.1, -0.05) is 35.9 Å². The highest BCUT2D eigenvalue weighted by molar-refractivity contribution is 5.85. The van der Waals surface area contributed by atoms with Crippen molar-refractivity contribution < 1.29 is 18.9 Å². The molecule has 4 aromatic rings. The molecular formula is C29H28N4O4. The molecule has 2 atom stereocenters. The molecule has 2 aliphatic heterocycles. The number of nitrogens with zero attached hydrogens (tertiary/aromatic N) is 3. The van der Waals surface area contributed by atoms with Gasteiger partial charge in [0.25, 0.3) is 0 Å². The highest BCUT2D eigenvalue weighted by Crippen LogP contribution is 2.52. The number of ether oxygens (including phenoxy) is 4. The third-order valence-corrected chi connectivity index (χ3v) is 6.79. The predicted octanol–water partition coefficient (Wildman–Crippen LogP) is 5.56. The second-order valence-corrected chi connectivity index (χ2v) is 8.97. The Balaban J connectivity index is 1.63. The lowest BCUT2D eigenvalue weighted by atomic mass is 9.84. The van der Waals surface area contributed by atoms with Crippen LogP contribution in [-0.4, -0.2) is 35.6 Å². The van der Waals surface area contributed by atoms with Gasteiger partial charge in [-0.2, -0.15) is 10.1 Å². The molecule has 0 saturated heterocycles. The van der Waals surface area contributed by atoms with Crippen molar-refractivity contribution in [1.82, 2.24) is 14.8 Å². The molecule has 188 valence electrons. The largest absolute Gasteiger partial charge is 0.493 e. The van der Waals surface area contributed by atoms with Gasteiger partial charge in [-0.25, -0.2) is 4.68 Å². The molecule has 0 amide bonds. The lowest BCUT2D eigenvalue weighted by Crippen LogP contribution is -2.32. The van der Waals surface area contributed by atoms with E-state index in [1.165, 1.54) is 0 Å². The Kier molecular flexibility index (Phi) is 5.71. The normalized spacial score (nSPS) is 17.6. The SMILES string of the molecule is CCOc1ccccc1[C@H]1Oc2ccc(C)cc2C2=C1[C@@H](c1ccc(OC)c(OC)c1)n1ncnc1N2. The van der Waals surface area contributed by atoms with Crippen LogP contribution in [0.1, 0.15) is 41.3 Å². The number of benzene rings is 3. The number of methoxy groups -OCH3 is 2. The molecule has 1 aromatic heterocycles. The summed E-state index contributed by atoms with van der Waals surface area (Å²) in [6.45, 7) is 4.61. The lowest BCUT2D eigenvalue weighted by molar-refractivity contribution is 0.215. The van der Waals surface area contributed by atoms with Gasteiger partial charge in [0.05, 0.1) is 26.5 Å². The fourth-order valence-electron chi connectivity index (χ4n) is 5.17. The first-order valence-electron chi connectivity index (χ1n) is 12.2. The van der Waals surface area contributed by atoms with E-state index in [9.17, 15) is 0 Å². The van der Waals surface area contributed by atoms with E-state index < -0.39 is 6.10 Å². The zero-order chi connectivity index (χ0) is 25.5. The van der Waals surface area contributed by atoms with E-state index in [-0.39, 0.29) is 6.04 Å². The molecule has 37 heavy (non-hydrogen) atoms. The maximum atomic E-state index is 6.78. The number of hydrogen-bond acceptors (Lipinski definition) is 7. The van der Waals surface area contributed by atoms with Gasteiger partial charge < -0.3 is 24.3 Å². The molecule has 0 unspecified atom stereocenters. The zero-order valence-electron chi connectivity index (χ0n) is 21.2. The summed E-state index contributed by atoms with van der Waals surface area (Å²) in [5, 5.41) is 8.17. The van der Waals surface area contributed by atoms with E-state index in [0.29, 0.717) is 24.1 Å². The minimum absolute atomic E-state index is 0.318. The van der Waals surface area contributed by atoms with Gasteiger partial charge in [-0.3, -0.25) is 0 Å². The summed E-state index contributed by atoms with van der Waals surface area (Å²) in [5.41, 5.74) is 6.01. The molecular weight excluding hydrogens is 468 g/mol. The van der Waals surface area contributed by atoms with Crippen LogP contribution in [0.15, 0.2) is 72.6 Å². The van der Waals surface area contributed by atoms with Gasteiger partial charge in [0.15, 0.2) is 17.6 Å². The van der Waals surface area contributed by atoms with Crippen molar-refractivity contribution in [1.29, 1.82) is 0 Å². The Hall–Kier alpha value is -4.46. The van der Waals surface area contributed by atoms with Crippen LogP contribution in [0.2, 0.25) is 0 Å². The van der Waals surface area contributed by atoms with Crippen molar-refractivity contribution in [3.8, 4) is 23.0 Å². The van der Waals surface area contributed by atoms with Crippen molar-refractivity contribution in [3.05, 3.63) is 94.8 Å². The summed E-state index contributed by atoms with van der Waals surface area (Å²) in [7, 11) is 3.27. The van der Waals surface area contributed by atoms with E-state index in [1.54, 1.807) is 20.5 Å². The Bertz CT molecular complexity index is 1510. The minimum Gasteiger partial charge on any atom is -0.493 e. The van der Waals surface area contributed by atoms with E-state index >= 15 is 0 Å². The summed E-state index contributed by atoms with van der Waals surface area (Å²) < 4.78 is 25.9. The van der Waals surface area contributed by atoms with Crippen molar-refractivity contribution in [2.75, 3.05) is 26.1 Å². The third-order valence-electron chi connectivity index (χ3n) is 6.79. The van der Waals surface area contributed by atoms with Gasteiger partial charge in [0, 0.05) is 16.7 Å². The van der Waals surface area contributed by atoms with Crippen LogP contribution in [-0.2, 0) is 0 Å². The second kappa shape index (κ2) is 9.20. The number of aromatic nitrogens is 3. The first-order chi connectivity index (χ1) is 18.1. The van der Waals surface area contributed by atoms with Crippen molar-refractivity contribution in [3.63, 3.8) is 0 Å². The number of aryl methyl sites for hydroxylation is 1. The van der Waals surface area contributed by atoms with Gasteiger partial charge >= 0.3 is 0 Å². The van der Waals surface area contributed by atoms with E-state index in [4.69, 9.17) is 18.9 Å². The van der Waals surface area contributed by atoms with E-state index in [1.807, 2.05) is 54.1 Å². The number of para-hydroxylation sites is 1. The summed E-state index contributed by atoms with van der Waals surface area (Å²) >= 11 is 0. The average Bonchev–Trinajstić information content (AvgIpc) is 3.40. The number of rotatable bonds is 6. The highest BCUT2D eigenvalue weighted by Gasteiger charge is 2.42. The number of hydrogen-bond donors (Lipinski definition) is 1. The first kappa shape index (κ1) is 23.0. The van der Waals surface area contributed by atoms with Gasteiger partial charge in [-0.05, 0) is 49.7 Å². The van der Waals surface area contributed by atoms with Crippen LogP contribution in [0.3, 0.4) is 0 Å². The Labute approximate surface area is 215 Å². The van der Waals surface area contributed by atoms with E-state index in [2.05, 4.69) is 40.5 Å². The van der Waals surface area contributed by atoms with Crippen molar-refractivity contribution >= 4 is 11.6 Å². The van der Waals surface area contributed by atoms with Gasteiger partial charge in [-0.15, -0.1) is 0 Å². The fourth-order valence-corrected chi connectivity index (χ4v) is 5.17. The molecule has 0 radical (unpaired) electrons. The molecule has 8 heteroatoms. The Morgan fingerprint density at radius 2 is 1.81 bits per heavy atom.